The number of rotatable bonds is 8. The second-order valence-corrected chi connectivity index (χ2v) is 7.82. The number of hydrogen-bond acceptors (Lipinski definition) is 8. The fourth-order valence-corrected chi connectivity index (χ4v) is 4.27. The molecule has 0 amide bonds. The predicted octanol–water partition coefficient (Wildman–Crippen LogP) is 3.95. The summed E-state index contributed by atoms with van der Waals surface area (Å²) in [5.41, 5.74) is 0.969. The first-order valence-corrected chi connectivity index (χ1v) is 9.74. The van der Waals surface area contributed by atoms with Crippen LogP contribution in [0, 0.1) is 0 Å². The number of ether oxygens (including phenoxy) is 1. The van der Waals surface area contributed by atoms with Crippen molar-refractivity contribution in [3.8, 4) is 5.88 Å². The van der Waals surface area contributed by atoms with E-state index in [4.69, 9.17) is 4.74 Å². The Hall–Kier alpha value is -1.64. The first-order chi connectivity index (χ1) is 11.3. The van der Waals surface area contributed by atoms with Crippen LogP contribution in [0.25, 0.3) is 0 Å². The van der Waals surface area contributed by atoms with Crippen molar-refractivity contribution in [2.24, 2.45) is 0 Å². The van der Waals surface area contributed by atoms with Crippen LogP contribution in [0.4, 0.5) is 5.13 Å². The number of nitrogens with zero attached hydrogens (tertiary/aromatic N) is 3. The number of aromatic nitrogens is 3. The molecule has 3 aromatic heterocycles. The van der Waals surface area contributed by atoms with E-state index in [0.29, 0.717) is 5.88 Å². The molecule has 1 N–H and O–H groups in total. The Kier molecular flexibility index (Phi) is 5.84. The number of thiophene rings is 1. The summed E-state index contributed by atoms with van der Waals surface area (Å²) in [5, 5.41) is 14.7. The van der Waals surface area contributed by atoms with Crippen LogP contribution in [-0.4, -0.2) is 28.8 Å². The van der Waals surface area contributed by atoms with Gasteiger partial charge in [0.25, 0.3) is 0 Å². The Morgan fingerprint density at radius 1 is 1.22 bits per heavy atom. The largest absolute Gasteiger partial charge is 0.481 e. The van der Waals surface area contributed by atoms with Gasteiger partial charge < -0.3 is 10.1 Å². The molecule has 0 unspecified atom stereocenters. The van der Waals surface area contributed by atoms with Gasteiger partial charge in [-0.15, -0.1) is 21.5 Å². The Bertz CT molecular complexity index is 730. The molecule has 120 valence electrons. The topological polar surface area (TPSA) is 59.9 Å². The highest BCUT2D eigenvalue weighted by Crippen LogP contribution is 2.28. The molecule has 5 nitrogen and oxygen atoms in total. The number of anilines is 1. The van der Waals surface area contributed by atoms with E-state index in [2.05, 4.69) is 38.0 Å². The van der Waals surface area contributed by atoms with Gasteiger partial charge in [0.15, 0.2) is 4.34 Å². The van der Waals surface area contributed by atoms with Crippen LogP contribution in [0.3, 0.4) is 0 Å². The van der Waals surface area contributed by atoms with Crippen molar-refractivity contribution in [2.75, 3.05) is 19.0 Å². The fourth-order valence-electron chi connectivity index (χ4n) is 1.87. The first kappa shape index (κ1) is 16.2. The highest BCUT2D eigenvalue weighted by atomic mass is 32.2. The monoisotopic (exact) mass is 364 g/mol. The third kappa shape index (κ3) is 4.92. The van der Waals surface area contributed by atoms with Crippen LogP contribution in [0.2, 0.25) is 0 Å². The quantitative estimate of drug-likeness (QED) is 0.611. The average Bonchev–Trinajstić information content (AvgIpc) is 3.25. The van der Waals surface area contributed by atoms with Crippen LogP contribution in [0.5, 0.6) is 5.88 Å². The van der Waals surface area contributed by atoms with Gasteiger partial charge in [0, 0.05) is 23.2 Å². The minimum atomic E-state index is 0.635. The second-order valence-electron chi connectivity index (χ2n) is 4.59. The van der Waals surface area contributed by atoms with E-state index in [1.54, 1.807) is 41.5 Å². The van der Waals surface area contributed by atoms with Crippen molar-refractivity contribution in [1.29, 1.82) is 0 Å². The maximum atomic E-state index is 5.13. The number of thioether (sulfide) groups is 1. The number of pyridine rings is 1. The number of hydrogen-bond donors (Lipinski definition) is 1. The zero-order valence-corrected chi connectivity index (χ0v) is 15.0. The fraction of sp³-hybridized carbons (Fsp3) is 0.267. The van der Waals surface area contributed by atoms with Crippen LogP contribution in [0.1, 0.15) is 10.6 Å². The van der Waals surface area contributed by atoms with Crippen molar-refractivity contribution in [1.82, 2.24) is 15.2 Å². The van der Waals surface area contributed by atoms with Gasteiger partial charge in [-0.3, -0.25) is 0 Å². The van der Waals surface area contributed by atoms with Crippen LogP contribution in [0.15, 0.2) is 40.1 Å². The molecule has 3 aromatic rings. The molecule has 3 rings (SSSR count). The van der Waals surface area contributed by atoms with E-state index in [1.807, 2.05) is 18.2 Å². The van der Waals surface area contributed by atoms with Crippen LogP contribution < -0.4 is 10.1 Å². The summed E-state index contributed by atoms with van der Waals surface area (Å²) in [6, 6.07) is 9.99. The number of nitrogens with one attached hydrogen (secondary N) is 1. The SMILES string of the molecule is COc1cccc(CSc2nnc(NCCc3cccs3)s2)n1. The first-order valence-electron chi connectivity index (χ1n) is 7.06. The molecule has 0 fully saturated rings. The molecule has 0 radical (unpaired) electrons. The normalized spacial score (nSPS) is 10.7. The summed E-state index contributed by atoms with van der Waals surface area (Å²) in [5.74, 6) is 1.39. The lowest BCUT2D eigenvalue weighted by atomic mass is 10.3. The summed E-state index contributed by atoms with van der Waals surface area (Å²) in [4.78, 5) is 5.77. The Morgan fingerprint density at radius 2 is 2.17 bits per heavy atom. The number of methoxy groups -OCH3 is 1. The van der Waals surface area contributed by atoms with Gasteiger partial charge in [0.05, 0.1) is 12.8 Å². The van der Waals surface area contributed by atoms with Gasteiger partial charge in [-0.1, -0.05) is 35.2 Å². The smallest absolute Gasteiger partial charge is 0.213 e. The van der Waals surface area contributed by atoms with Gasteiger partial charge in [-0.05, 0) is 23.9 Å². The molecule has 0 bridgehead atoms. The highest BCUT2D eigenvalue weighted by molar-refractivity contribution is 8.00. The summed E-state index contributed by atoms with van der Waals surface area (Å²) >= 11 is 4.99. The summed E-state index contributed by atoms with van der Waals surface area (Å²) < 4.78 is 6.07. The Morgan fingerprint density at radius 3 is 3.00 bits per heavy atom. The van der Waals surface area contributed by atoms with E-state index in [0.717, 1.165) is 33.9 Å². The van der Waals surface area contributed by atoms with Crippen molar-refractivity contribution < 1.29 is 4.74 Å². The van der Waals surface area contributed by atoms with Crippen LogP contribution in [-0.2, 0) is 12.2 Å². The van der Waals surface area contributed by atoms with E-state index >= 15 is 0 Å². The van der Waals surface area contributed by atoms with Gasteiger partial charge >= 0.3 is 0 Å². The maximum Gasteiger partial charge on any atom is 0.213 e. The van der Waals surface area contributed by atoms with Gasteiger partial charge in [0.2, 0.25) is 11.0 Å². The van der Waals surface area contributed by atoms with E-state index in [9.17, 15) is 0 Å². The Labute approximate surface area is 147 Å². The molecule has 8 heteroatoms. The molecule has 0 aliphatic rings. The molecule has 3 heterocycles. The molecule has 0 saturated carbocycles. The molecule has 0 spiro atoms. The second kappa shape index (κ2) is 8.28. The maximum absolute atomic E-state index is 5.13. The highest BCUT2D eigenvalue weighted by Gasteiger charge is 2.06. The molecular weight excluding hydrogens is 348 g/mol. The van der Waals surface area contributed by atoms with Crippen molar-refractivity contribution in [3.05, 3.63) is 46.3 Å². The molecule has 0 aliphatic heterocycles. The third-order valence-corrected chi connectivity index (χ3v) is 5.95. The minimum absolute atomic E-state index is 0.635. The Balaban J connectivity index is 1.47. The molecule has 0 atom stereocenters. The molecule has 0 saturated heterocycles. The summed E-state index contributed by atoms with van der Waals surface area (Å²) in [6.45, 7) is 0.872. The van der Waals surface area contributed by atoms with Gasteiger partial charge in [-0.2, -0.15) is 0 Å². The molecule has 0 aliphatic carbocycles. The van der Waals surface area contributed by atoms with E-state index in [1.165, 1.54) is 4.88 Å². The van der Waals surface area contributed by atoms with Crippen molar-refractivity contribution in [2.45, 2.75) is 16.5 Å². The predicted molar refractivity (Wildman–Crippen MR) is 96.8 cm³/mol. The van der Waals surface area contributed by atoms with Gasteiger partial charge in [0.1, 0.15) is 0 Å². The molecular formula is C15H16N4OS3. The average molecular weight is 365 g/mol. The van der Waals surface area contributed by atoms with Crippen molar-refractivity contribution in [3.63, 3.8) is 0 Å². The lowest BCUT2D eigenvalue weighted by Crippen LogP contribution is -2.03. The van der Waals surface area contributed by atoms with Crippen molar-refractivity contribution >= 4 is 39.6 Å². The zero-order valence-electron chi connectivity index (χ0n) is 12.6. The lowest BCUT2D eigenvalue weighted by Gasteiger charge is -2.01. The van der Waals surface area contributed by atoms with E-state index < -0.39 is 0 Å². The molecule has 23 heavy (non-hydrogen) atoms. The van der Waals surface area contributed by atoms with E-state index in [-0.39, 0.29) is 0 Å². The molecule has 0 aromatic carbocycles. The lowest BCUT2D eigenvalue weighted by molar-refractivity contribution is 0.397. The summed E-state index contributed by atoms with van der Waals surface area (Å²) in [6.07, 6.45) is 1.01. The van der Waals surface area contributed by atoms with Gasteiger partial charge in [-0.25, -0.2) is 4.98 Å². The summed E-state index contributed by atoms with van der Waals surface area (Å²) in [7, 11) is 1.62. The minimum Gasteiger partial charge on any atom is -0.481 e. The third-order valence-electron chi connectivity index (χ3n) is 2.97. The van der Waals surface area contributed by atoms with Crippen LogP contribution >= 0.6 is 34.4 Å². The zero-order chi connectivity index (χ0) is 15.9. The standard InChI is InChI=1S/C15H16N4OS3/c1-20-13-6-2-4-11(17-13)10-22-15-19-18-14(23-15)16-8-7-12-5-3-9-21-12/h2-6,9H,7-8,10H2,1H3,(H,16,18).